The highest BCUT2D eigenvalue weighted by Crippen LogP contribution is 2.36. The van der Waals surface area contributed by atoms with Crippen molar-refractivity contribution in [3.05, 3.63) is 11.5 Å². The Kier molecular flexibility index (Phi) is 3.03. The van der Waals surface area contributed by atoms with Gasteiger partial charge in [0, 0.05) is 6.04 Å². The number of ether oxygens (including phenoxy) is 1. The number of hydrogen-bond acceptors (Lipinski definition) is 5. The van der Waals surface area contributed by atoms with Crippen LogP contribution in [0.5, 0.6) is 5.75 Å². The molecule has 3 heterocycles. The fraction of sp³-hybridized carbons (Fsp3) is 0.636. The molecule has 3 rings (SSSR count). The van der Waals surface area contributed by atoms with Gasteiger partial charge in [-0.25, -0.2) is 9.97 Å². The highest BCUT2D eigenvalue weighted by atomic mass is 35.5. The van der Waals surface area contributed by atoms with E-state index in [0.717, 1.165) is 38.3 Å². The van der Waals surface area contributed by atoms with Crippen LogP contribution in [0.1, 0.15) is 12.8 Å². The van der Waals surface area contributed by atoms with E-state index in [1.807, 2.05) is 0 Å². The van der Waals surface area contributed by atoms with Crippen LogP contribution in [0.3, 0.4) is 0 Å². The van der Waals surface area contributed by atoms with Crippen LogP contribution in [-0.4, -0.2) is 42.3 Å². The van der Waals surface area contributed by atoms with Gasteiger partial charge in [0.2, 0.25) is 0 Å². The maximum Gasteiger partial charge on any atom is 0.199 e. The number of nitrogens with one attached hydrogen (secondary N) is 1. The predicted molar refractivity (Wildman–Crippen MR) is 65.8 cm³/mol. The lowest BCUT2D eigenvalue weighted by Crippen LogP contribution is -2.47. The van der Waals surface area contributed by atoms with E-state index in [1.165, 1.54) is 6.33 Å². The normalized spacial score (nSPS) is 20.9. The minimum atomic E-state index is 0.411. The molecule has 0 saturated carbocycles. The Hall–Kier alpha value is -1.07. The first-order valence-electron chi connectivity index (χ1n) is 5.97. The number of halogens is 1. The maximum atomic E-state index is 6.03. The van der Waals surface area contributed by atoms with E-state index in [4.69, 9.17) is 16.3 Å². The van der Waals surface area contributed by atoms with Crippen LogP contribution in [0.15, 0.2) is 6.33 Å². The molecule has 1 aromatic rings. The SMILES string of the molecule is Clc1ncnc2c1OCCN2C1CCNCC1. The molecule has 0 aromatic carbocycles. The predicted octanol–water partition coefficient (Wildman–Crippen LogP) is 1.08. The van der Waals surface area contributed by atoms with Crippen molar-refractivity contribution in [1.29, 1.82) is 0 Å². The molecule has 2 aliphatic rings. The minimum absolute atomic E-state index is 0.411. The van der Waals surface area contributed by atoms with Gasteiger partial charge in [0.25, 0.3) is 0 Å². The summed E-state index contributed by atoms with van der Waals surface area (Å²) in [5, 5.41) is 3.78. The molecule has 17 heavy (non-hydrogen) atoms. The van der Waals surface area contributed by atoms with Crippen LogP contribution in [0.2, 0.25) is 5.15 Å². The Morgan fingerprint density at radius 2 is 2.18 bits per heavy atom. The summed E-state index contributed by atoms with van der Waals surface area (Å²) in [4.78, 5) is 10.6. The first-order chi connectivity index (χ1) is 8.36. The molecule has 1 saturated heterocycles. The van der Waals surface area contributed by atoms with Crippen LogP contribution >= 0.6 is 11.6 Å². The number of nitrogens with zero attached hydrogens (tertiary/aromatic N) is 3. The van der Waals surface area contributed by atoms with E-state index in [-0.39, 0.29) is 0 Å². The van der Waals surface area contributed by atoms with Gasteiger partial charge in [-0.1, -0.05) is 11.6 Å². The molecule has 6 heteroatoms. The molecular formula is C11H15ClN4O. The summed E-state index contributed by atoms with van der Waals surface area (Å²) in [6.45, 7) is 3.67. The Morgan fingerprint density at radius 1 is 1.35 bits per heavy atom. The second-order valence-electron chi connectivity index (χ2n) is 4.34. The van der Waals surface area contributed by atoms with Crippen LogP contribution in [-0.2, 0) is 0 Å². The van der Waals surface area contributed by atoms with E-state index in [9.17, 15) is 0 Å². The number of aromatic nitrogens is 2. The van der Waals surface area contributed by atoms with E-state index in [0.29, 0.717) is 23.6 Å². The lowest BCUT2D eigenvalue weighted by molar-refractivity contribution is 0.286. The molecule has 2 aliphatic heterocycles. The Morgan fingerprint density at radius 3 is 3.00 bits per heavy atom. The van der Waals surface area contributed by atoms with Crippen molar-refractivity contribution in [2.24, 2.45) is 0 Å². The summed E-state index contributed by atoms with van der Waals surface area (Å²) >= 11 is 6.03. The largest absolute Gasteiger partial charge is 0.485 e. The average molecular weight is 255 g/mol. The van der Waals surface area contributed by atoms with E-state index in [2.05, 4.69) is 20.2 Å². The van der Waals surface area contributed by atoms with E-state index in [1.54, 1.807) is 0 Å². The van der Waals surface area contributed by atoms with Crippen molar-refractivity contribution in [3.8, 4) is 5.75 Å². The van der Waals surface area contributed by atoms with Crippen molar-refractivity contribution in [2.75, 3.05) is 31.1 Å². The second-order valence-corrected chi connectivity index (χ2v) is 4.70. The quantitative estimate of drug-likeness (QED) is 0.760. The van der Waals surface area contributed by atoms with Gasteiger partial charge >= 0.3 is 0 Å². The summed E-state index contributed by atoms with van der Waals surface area (Å²) in [6.07, 6.45) is 3.78. The summed E-state index contributed by atoms with van der Waals surface area (Å²) in [5.41, 5.74) is 0. The van der Waals surface area contributed by atoms with E-state index >= 15 is 0 Å². The highest BCUT2D eigenvalue weighted by Gasteiger charge is 2.29. The summed E-state index contributed by atoms with van der Waals surface area (Å²) in [7, 11) is 0. The van der Waals surface area contributed by atoms with Gasteiger partial charge in [0.15, 0.2) is 16.7 Å². The molecule has 0 atom stereocenters. The molecule has 0 bridgehead atoms. The van der Waals surface area contributed by atoms with Gasteiger partial charge in [-0.3, -0.25) is 0 Å². The maximum absolute atomic E-state index is 6.03. The fourth-order valence-electron chi connectivity index (χ4n) is 2.50. The van der Waals surface area contributed by atoms with E-state index < -0.39 is 0 Å². The molecule has 0 amide bonds. The zero-order valence-electron chi connectivity index (χ0n) is 9.53. The van der Waals surface area contributed by atoms with Crippen molar-refractivity contribution in [2.45, 2.75) is 18.9 Å². The summed E-state index contributed by atoms with van der Waals surface area (Å²) < 4.78 is 5.56. The molecule has 1 fully saturated rings. The molecule has 1 N–H and O–H groups in total. The van der Waals surface area contributed by atoms with Crippen LogP contribution in [0.4, 0.5) is 5.82 Å². The van der Waals surface area contributed by atoms with Crippen molar-refractivity contribution < 1.29 is 4.74 Å². The van der Waals surface area contributed by atoms with Crippen molar-refractivity contribution in [3.63, 3.8) is 0 Å². The highest BCUT2D eigenvalue weighted by molar-refractivity contribution is 6.31. The molecule has 0 aliphatic carbocycles. The van der Waals surface area contributed by atoms with Gasteiger partial charge in [-0.15, -0.1) is 0 Å². The molecular weight excluding hydrogens is 240 g/mol. The lowest BCUT2D eigenvalue weighted by Gasteiger charge is -2.38. The number of rotatable bonds is 1. The Bertz CT molecular complexity index is 408. The molecule has 5 nitrogen and oxygen atoms in total. The monoisotopic (exact) mass is 254 g/mol. The number of piperidine rings is 1. The zero-order valence-corrected chi connectivity index (χ0v) is 10.3. The van der Waals surface area contributed by atoms with Gasteiger partial charge in [0.05, 0.1) is 6.54 Å². The topological polar surface area (TPSA) is 50.3 Å². The van der Waals surface area contributed by atoms with Gasteiger partial charge in [-0.2, -0.15) is 0 Å². The first kappa shape index (κ1) is 11.0. The minimum Gasteiger partial charge on any atom is -0.485 e. The van der Waals surface area contributed by atoms with Crippen LogP contribution in [0, 0.1) is 0 Å². The number of hydrogen-bond donors (Lipinski definition) is 1. The molecule has 0 spiro atoms. The third-order valence-corrected chi connectivity index (χ3v) is 3.61. The Balaban J connectivity index is 1.90. The lowest BCUT2D eigenvalue weighted by atomic mass is 10.0. The van der Waals surface area contributed by atoms with Crippen molar-refractivity contribution >= 4 is 17.4 Å². The molecule has 92 valence electrons. The second kappa shape index (κ2) is 4.66. The third kappa shape index (κ3) is 2.05. The summed E-state index contributed by atoms with van der Waals surface area (Å²) in [6, 6.07) is 0.532. The summed E-state index contributed by atoms with van der Waals surface area (Å²) in [5.74, 6) is 1.49. The first-order valence-corrected chi connectivity index (χ1v) is 6.34. The smallest absolute Gasteiger partial charge is 0.199 e. The third-order valence-electron chi connectivity index (χ3n) is 3.34. The standard InChI is InChI=1S/C11H15ClN4O/c12-10-9-11(15-7-14-10)16(5-6-17-9)8-1-3-13-4-2-8/h7-8,13H,1-6H2. The van der Waals surface area contributed by atoms with Crippen molar-refractivity contribution in [1.82, 2.24) is 15.3 Å². The fourth-order valence-corrected chi connectivity index (χ4v) is 2.68. The van der Waals surface area contributed by atoms with Crippen LogP contribution < -0.4 is 15.0 Å². The van der Waals surface area contributed by atoms with Crippen LogP contribution in [0.25, 0.3) is 0 Å². The number of fused-ring (bicyclic) bond motifs is 1. The van der Waals surface area contributed by atoms with Gasteiger partial charge < -0.3 is 15.0 Å². The Labute approximate surface area is 105 Å². The van der Waals surface area contributed by atoms with Gasteiger partial charge in [0.1, 0.15) is 12.9 Å². The molecule has 0 unspecified atom stereocenters. The van der Waals surface area contributed by atoms with Gasteiger partial charge in [-0.05, 0) is 25.9 Å². The zero-order chi connectivity index (χ0) is 11.7. The number of anilines is 1. The molecule has 0 radical (unpaired) electrons. The molecule has 1 aromatic heterocycles. The average Bonchev–Trinajstić information content (AvgIpc) is 2.40.